The Hall–Kier alpha value is -5.78. The zero-order valence-electron chi connectivity index (χ0n) is 19.5. The molecule has 0 radical (unpaired) electrons. The highest BCUT2D eigenvalue weighted by Crippen LogP contribution is 2.03. The Labute approximate surface area is 206 Å². The SMILES string of the molecule is CN(C)c1ccc2c(c1)=C=C=C=C=c1cc([N+](=O)[O-])ccc1=C=C=C=C=c1ccccc1=C=C=C=C=2. The second kappa shape index (κ2) is 10.9. The summed E-state index contributed by atoms with van der Waals surface area (Å²) >= 11 is 0. The topological polar surface area (TPSA) is 46.4 Å². The Morgan fingerprint density at radius 3 is 1.47 bits per heavy atom. The molecule has 0 aromatic heterocycles. The first kappa shape index (κ1) is 23.4. The van der Waals surface area contributed by atoms with Crippen LogP contribution < -0.4 is 36.2 Å². The van der Waals surface area contributed by atoms with Crippen LogP contribution in [0, 0.1) is 10.1 Å². The van der Waals surface area contributed by atoms with Gasteiger partial charge < -0.3 is 4.90 Å². The summed E-state index contributed by atoms with van der Waals surface area (Å²) in [6, 6.07) is 17.6. The molecule has 0 heterocycles. The molecule has 0 unspecified atom stereocenters. The molecule has 0 saturated carbocycles. The summed E-state index contributed by atoms with van der Waals surface area (Å²) in [7, 11) is 3.89. The number of nitro groups is 1. The van der Waals surface area contributed by atoms with E-state index < -0.39 is 4.92 Å². The number of nitro benzene ring substituents is 1. The molecule has 0 aliphatic heterocycles. The van der Waals surface area contributed by atoms with E-state index in [4.69, 9.17) is 0 Å². The molecule has 1 aliphatic carbocycles. The van der Waals surface area contributed by atoms with Gasteiger partial charge in [-0.3, -0.25) is 10.1 Å². The van der Waals surface area contributed by atoms with Crippen LogP contribution >= 0.6 is 0 Å². The van der Waals surface area contributed by atoms with Crippen LogP contribution in [0.25, 0.3) is 34.4 Å². The molecular weight excluding hydrogens is 444 g/mol. The van der Waals surface area contributed by atoms with Gasteiger partial charge in [-0.2, -0.15) is 0 Å². The van der Waals surface area contributed by atoms with Gasteiger partial charge in [-0.15, -0.1) is 0 Å². The third-order valence-electron chi connectivity index (χ3n) is 5.03. The van der Waals surface area contributed by atoms with Crippen molar-refractivity contribution in [3.63, 3.8) is 0 Å². The Morgan fingerprint density at radius 2 is 1.00 bits per heavy atom. The summed E-state index contributed by atoms with van der Waals surface area (Å²) in [6.45, 7) is 0. The number of rotatable bonds is 2. The van der Waals surface area contributed by atoms with E-state index in [1.807, 2.05) is 61.5 Å². The Morgan fingerprint density at radius 1 is 0.583 bits per heavy atom. The lowest BCUT2D eigenvalue weighted by molar-refractivity contribution is -0.385. The van der Waals surface area contributed by atoms with Crippen LogP contribution in [0.4, 0.5) is 11.4 Å². The lowest BCUT2D eigenvalue weighted by Crippen LogP contribution is -2.24. The first-order valence-corrected chi connectivity index (χ1v) is 10.8. The number of hydrogen-bond acceptors (Lipinski definition) is 3. The maximum Gasteiger partial charge on any atom is 0.270 e. The van der Waals surface area contributed by atoms with E-state index in [1.54, 1.807) is 6.07 Å². The highest BCUT2D eigenvalue weighted by Gasteiger charge is 2.03. The van der Waals surface area contributed by atoms with Crippen molar-refractivity contribution in [3.8, 4) is 0 Å². The van der Waals surface area contributed by atoms with Crippen molar-refractivity contribution in [2.24, 2.45) is 0 Å². The van der Waals surface area contributed by atoms with Crippen LogP contribution in [-0.2, 0) is 0 Å². The monoisotopic (exact) mass is 460 g/mol. The van der Waals surface area contributed by atoms with Crippen molar-refractivity contribution in [2.75, 3.05) is 19.0 Å². The number of fused-ring (bicyclic) bond motifs is 3. The van der Waals surface area contributed by atoms with Crippen LogP contribution in [0.5, 0.6) is 0 Å². The molecule has 0 saturated heterocycles. The van der Waals surface area contributed by atoms with E-state index in [9.17, 15) is 10.1 Å². The number of nitrogens with zero attached hydrogens (tertiary/aromatic N) is 2. The zero-order valence-corrected chi connectivity index (χ0v) is 19.5. The molecule has 0 fully saturated rings. The molecule has 3 aromatic carbocycles. The normalized spacial score (nSPS) is 10.2. The van der Waals surface area contributed by atoms with Crippen molar-refractivity contribution in [1.82, 2.24) is 0 Å². The summed E-state index contributed by atoms with van der Waals surface area (Å²) in [5, 5.41) is 15.1. The first-order valence-electron chi connectivity index (χ1n) is 10.8. The molecule has 0 spiro atoms. The maximum atomic E-state index is 11.3. The molecule has 1 aliphatic rings. The average Bonchev–Trinajstić information content (AvgIpc) is 2.88. The molecular formula is C32H16N2O2. The van der Waals surface area contributed by atoms with E-state index in [1.165, 1.54) is 12.1 Å². The van der Waals surface area contributed by atoms with Crippen LogP contribution in [0.3, 0.4) is 0 Å². The minimum Gasteiger partial charge on any atom is -0.378 e. The van der Waals surface area contributed by atoms with E-state index in [0.717, 1.165) is 21.3 Å². The van der Waals surface area contributed by atoms with Crippen LogP contribution in [0.1, 0.15) is 0 Å². The van der Waals surface area contributed by atoms with Crippen LogP contribution in [-0.4, -0.2) is 19.0 Å². The number of benzene rings is 3. The van der Waals surface area contributed by atoms with Crippen molar-refractivity contribution < 1.29 is 4.92 Å². The Balaban J connectivity index is 2.39. The molecule has 4 rings (SSSR count). The fourth-order valence-corrected chi connectivity index (χ4v) is 3.17. The predicted octanol–water partition coefficient (Wildman–Crippen LogP) is 0.950. The number of hydrogen-bond donors (Lipinski definition) is 0. The average molecular weight is 460 g/mol. The molecule has 4 heteroatoms. The Kier molecular flexibility index (Phi) is 7.07. The standard InChI is InChI=1S/C32H16N2O2/c1-33(2)31-21-19-27-15-7-5-13-25-11-3-4-12-26(25)14-6-8-16-28-20-22-32(34(35)36)24-30(28)18-10-9-17-29(27)23-31/h3-4,11-12,19-24H,1-2H3. The van der Waals surface area contributed by atoms with Gasteiger partial charge in [0.1, 0.15) is 0 Å². The second-order valence-corrected chi connectivity index (χ2v) is 7.66. The van der Waals surface area contributed by atoms with Gasteiger partial charge in [-0.05, 0) is 70.8 Å². The minimum absolute atomic E-state index is 0.0743. The van der Waals surface area contributed by atoms with Crippen LogP contribution in [0.15, 0.2) is 95.1 Å². The number of non-ortho nitro benzene ring substituents is 1. The van der Waals surface area contributed by atoms with Gasteiger partial charge in [0.2, 0.25) is 0 Å². The van der Waals surface area contributed by atoms with E-state index in [2.05, 4.69) is 68.8 Å². The maximum absolute atomic E-state index is 11.3. The second-order valence-electron chi connectivity index (χ2n) is 7.66. The fourth-order valence-electron chi connectivity index (χ4n) is 3.17. The smallest absolute Gasteiger partial charge is 0.270 e. The zero-order chi connectivity index (χ0) is 25.3. The van der Waals surface area contributed by atoms with Crippen molar-refractivity contribution in [3.05, 3.63) is 136 Å². The van der Waals surface area contributed by atoms with Crippen LogP contribution in [0.2, 0.25) is 0 Å². The van der Waals surface area contributed by atoms with Gasteiger partial charge in [-0.25, -0.2) is 0 Å². The molecule has 0 bridgehead atoms. The van der Waals surface area contributed by atoms with Crippen molar-refractivity contribution in [2.45, 2.75) is 0 Å². The minimum atomic E-state index is -0.470. The summed E-state index contributed by atoms with van der Waals surface area (Å²) in [4.78, 5) is 12.8. The fraction of sp³-hybridized carbons (Fsp3) is 0.0625. The van der Waals surface area contributed by atoms with Gasteiger partial charge in [0.15, 0.2) is 0 Å². The quantitative estimate of drug-likeness (QED) is 0.254. The van der Waals surface area contributed by atoms with Crippen molar-refractivity contribution in [1.29, 1.82) is 0 Å². The van der Waals surface area contributed by atoms with E-state index >= 15 is 0 Å². The van der Waals surface area contributed by atoms with Crippen molar-refractivity contribution >= 4 is 45.8 Å². The first-order chi connectivity index (χ1) is 17.5. The number of anilines is 1. The van der Waals surface area contributed by atoms with Gasteiger partial charge in [0.25, 0.3) is 5.69 Å². The molecule has 0 amide bonds. The highest BCUT2D eigenvalue weighted by atomic mass is 16.6. The molecule has 4 nitrogen and oxygen atoms in total. The molecule has 166 valence electrons. The summed E-state index contributed by atoms with van der Waals surface area (Å²) in [6.07, 6.45) is 0. The molecule has 36 heavy (non-hydrogen) atoms. The lowest BCUT2D eigenvalue weighted by atomic mass is 10.2. The highest BCUT2D eigenvalue weighted by molar-refractivity contribution is 5.48. The summed E-state index contributed by atoms with van der Waals surface area (Å²) in [5.74, 6) is 0. The van der Waals surface area contributed by atoms with Gasteiger partial charge >= 0.3 is 0 Å². The largest absolute Gasteiger partial charge is 0.378 e. The summed E-state index contributed by atoms with van der Waals surface area (Å²) in [5.41, 5.74) is 36.0. The van der Waals surface area contributed by atoms with E-state index in [0.29, 0.717) is 15.7 Å². The predicted molar refractivity (Wildman–Crippen MR) is 140 cm³/mol. The molecule has 0 atom stereocenters. The Bertz CT molecular complexity index is 2190. The molecule has 0 N–H and O–H groups in total. The lowest BCUT2D eigenvalue weighted by Gasteiger charge is -2.11. The third kappa shape index (κ3) is 5.77. The molecule has 3 aromatic rings. The van der Waals surface area contributed by atoms with Gasteiger partial charge in [-0.1, -0.05) is 46.5 Å². The van der Waals surface area contributed by atoms with Gasteiger partial charge in [0, 0.05) is 63.2 Å². The summed E-state index contributed by atoms with van der Waals surface area (Å²) < 4.78 is 0. The third-order valence-corrected chi connectivity index (χ3v) is 5.03. The van der Waals surface area contributed by atoms with E-state index in [-0.39, 0.29) is 5.69 Å². The van der Waals surface area contributed by atoms with Gasteiger partial charge in [0.05, 0.1) is 4.92 Å².